The molecule has 3 aromatic rings. The summed E-state index contributed by atoms with van der Waals surface area (Å²) in [5, 5.41) is 5.70. The molecule has 2 aromatic heterocycles. The standard InChI is InChI=1S/C20H21N3O2S2/c1-12-7-8-13(2)15(10-12)22-17(24)11-23(4)20(25)18-14(3)21-19(27-18)16-6-5-9-26-16/h5-10H,11H2,1-4H3,(H,22,24). The third kappa shape index (κ3) is 4.43. The second-order valence-electron chi connectivity index (χ2n) is 6.44. The Labute approximate surface area is 166 Å². The average molecular weight is 400 g/mol. The summed E-state index contributed by atoms with van der Waals surface area (Å²) >= 11 is 2.96. The minimum Gasteiger partial charge on any atom is -0.332 e. The summed E-state index contributed by atoms with van der Waals surface area (Å²) in [6.45, 7) is 5.72. The van der Waals surface area contributed by atoms with Crippen LogP contribution in [0, 0.1) is 20.8 Å². The maximum Gasteiger partial charge on any atom is 0.266 e. The molecule has 0 fully saturated rings. The van der Waals surface area contributed by atoms with E-state index in [0.29, 0.717) is 10.6 Å². The first-order valence-corrected chi connectivity index (χ1v) is 10.2. The summed E-state index contributed by atoms with van der Waals surface area (Å²) in [7, 11) is 1.63. The van der Waals surface area contributed by atoms with Gasteiger partial charge in [0, 0.05) is 12.7 Å². The second kappa shape index (κ2) is 8.02. The van der Waals surface area contributed by atoms with E-state index in [2.05, 4.69) is 10.3 Å². The average Bonchev–Trinajstić information content (AvgIpc) is 3.27. The Kier molecular flexibility index (Phi) is 5.72. The van der Waals surface area contributed by atoms with Crippen molar-refractivity contribution in [3.05, 3.63) is 57.4 Å². The van der Waals surface area contributed by atoms with Crippen molar-refractivity contribution in [3.8, 4) is 9.88 Å². The molecule has 0 unspecified atom stereocenters. The van der Waals surface area contributed by atoms with E-state index in [9.17, 15) is 9.59 Å². The molecule has 0 aliphatic carbocycles. The number of thiophene rings is 1. The number of hydrogen-bond donors (Lipinski definition) is 1. The smallest absolute Gasteiger partial charge is 0.266 e. The highest BCUT2D eigenvalue weighted by Crippen LogP contribution is 2.31. The van der Waals surface area contributed by atoms with Crippen LogP contribution in [-0.2, 0) is 4.79 Å². The van der Waals surface area contributed by atoms with Gasteiger partial charge >= 0.3 is 0 Å². The summed E-state index contributed by atoms with van der Waals surface area (Å²) in [5.74, 6) is -0.413. The lowest BCUT2D eigenvalue weighted by Crippen LogP contribution is -2.35. The lowest BCUT2D eigenvalue weighted by molar-refractivity contribution is -0.116. The zero-order valence-corrected chi connectivity index (χ0v) is 17.3. The number of anilines is 1. The molecule has 0 aliphatic rings. The van der Waals surface area contributed by atoms with Crippen LogP contribution in [0.5, 0.6) is 0 Å². The van der Waals surface area contributed by atoms with E-state index in [0.717, 1.165) is 26.7 Å². The number of benzene rings is 1. The number of carbonyl (C=O) groups excluding carboxylic acids is 2. The minimum absolute atomic E-state index is 0.0160. The van der Waals surface area contributed by atoms with Crippen LogP contribution in [0.15, 0.2) is 35.7 Å². The molecule has 0 bridgehead atoms. The van der Waals surface area contributed by atoms with Crippen molar-refractivity contribution >= 4 is 40.2 Å². The first-order chi connectivity index (χ1) is 12.8. The molecular formula is C20H21N3O2S2. The first-order valence-electron chi connectivity index (χ1n) is 8.49. The van der Waals surface area contributed by atoms with Crippen LogP contribution in [0.25, 0.3) is 9.88 Å². The van der Waals surface area contributed by atoms with Crippen molar-refractivity contribution < 1.29 is 9.59 Å². The van der Waals surface area contributed by atoms with E-state index in [4.69, 9.17) is 0 Å². The molecule has 3 rings (SSSR count). The van der Waals surface area contributed by atoms with Gasteiger partial charge in [0.1, 0.15) is 9.88 Å². The molecule has 0 aliphatic heterocycles. The van der Waals surface area contributed by atoms with Gasteiger partial charge in [-0.25, -0.2) is 4.98 Å². The summed E-state index contributed by atoms with van der Waals surface area (Å²) in [5.41, 5.74) is 3.52. The van der Waals surface area contributed by atoms with Gasteiger partial charge < -0.3 is 10.2 Å². The van der Waals surface area contributed by atoms with Crippen molar-refractivity contribution in [2.45, 2.75) is 20.8 Å². The molecule has 27 heavy (non-hydrogen) atoms. The Bertz CT molecular complexity index is 977. The number of amides is 2. The number of likely N-dealkylation sites (N-methyl/N-ethyl adjacent to an activating group) is 1. The molecule has 0 saturated carbocycles. The van der Waals surface area contributed by atoms with Crippen molar-refractivity contribution in [1.82, 2.24) is 9.88 Å². The van der Waals surface area contributed by atoms with Crippen LogP contribution in [0.1, 0.15) is 26.5 Å². The monoisotopic (exact) mass is 399 g/mol. The maximum atomic E-state index is 12.8. The van der Waals surface area contributed by atoms with Gasteiger partial charge in [-0.3, -0.25) is 9.59 Å². The zero-order valence-electron chi connectivity index (χ0n) is 15.7. The van der Waals surface area contributed by atoms with Gasteiger partial charge in [0.15, 0.2) is 0 Å². The number of rotatable bonds is 5. The third-order valence-corrected chi connectivity index (χ3v) is 6.30. The van der Waals surface area contributed by atoms with Gasteiger partial charge in [-0.2, -0.15) is 0 Å². The summed E-state index contributed by atoms with van der Waals surface area (Å²) < 4.78 is 0. The third-order valence-electron chi connectivity index (χ3n) is 4.12. The van der Waals surface area contributed by atoms with Gasteiger partial charge in [0.2, 0.25) is 5.91 Å². The van der Waals surface area contributed by atoms with E-state index in [1.165, 1.54) is 16.2 Å². The largest absolute Gasteiger partial charge is 0.332 e. The Morgan fingerprint density at radius 2 is 1.96 bits per heavy atom. The lowest BCUT2D eigenvalue weighted by atomic mass is 10.1. The molecule has 2 amide bonds. The SMILES string of the molecule is Cc1ccc(C)c(NC(=O)CN(C)C(=O)c2sc(-c3cccs3)nc2C)c1. The predicted molar refractivity (Wildman–Crippen MR) is 112 cm³/mol. The summed E-state index contributed by atoms with van der Waals surface area (Å²) in [4.78, 5) is 32.7. The van der Waals surface area contributed by atoms with Gasteiger partial charge in [0.25, 0.3) is 5.91 Å². The molecule has 0 spiro atoms. The zero-order chi connectivity index (χ0) is 19.6. The number of nitrogens with one attached hydrogen (secondary N) is 1. The molecule has 1 aromatic carbocycles. The number of hydrogen-bond acceptors (Lipinski definition) is 5. The maximum absolute atomic E-state index is 12.8. The molecular weight excluding hydrogens is 378 g/mol. The number of nitrogens with zero attached hydrogens (tertiary/aromatic N) is 2. The molecule has 0 saturated heterocycles. The van der Waals surface area contributed by atoms with Crippen LogP contribution in [0.4, 0.5) is 5.69 Å². The minimum atomic E-state index is -0.222. The van der Waals surface area contributed by atoms with Crippen molar-refractivity contribution in [3.63, 3.8) is 0 Å². The van der Waals surface area contributed by atoms with Gasteiger partial charge in [-0.05, 0) is 49.4 Å². The molecule has 140 valence electrons. The first kappa shape index (κ1) is 19.3. The van der Waals surface area contributed by atoms with E-state index < -0.39 is 0 Å². The fourth-order valence-corrected chi connectivity index (χ4v) is 4.48. The number of thiazole rings is 1. The highest BCUT2D eigenvalue weighted by molar-refractivity contribution is 7.22. The van der Waals surface area contributed by atoms with Crippen LogP contribution in [-0.4, -0.2) is 35.3 Å². The Morgan fingerprint density at radius 1 is 1.19 bits per heavy atom. The van der Waals surface area contributed by atoms with Crippen molar-refractivity contribution in [2.24, 2.45) is 0 Å². The summed E-state index contributed by atoms with van der Waals surface area (Å²) in [6.07, 6.45) is 0. The highest BCUT2D eigenvalue weighted by Gasteiger charge is 2.21. The van der Waals surface area contributed by atoms with Crippen LogP contribution < -0.4 is 5.32 Å². The normalized spacial score (nSPS) is 10.7. The van der Waals surface area contributed by atoms with Crippen LogP contribution in [0.2, 0.25) is 0 Å². The number of carbonyl (C=O) groups is 2. The molecule has 0 atom stereocenters. The van der Waals surface area contributed by atoms with Crippen molar-refractivity contribution in [1.29, 1.82) is 0 Å². The van der Waals surface area contributed by atoms with E-state index in [1.54, 1.807) is 18.4 Å². The topological polar surface area (TPSA) is 62.3 Å². The molecule has 5 nitrogen and oxygen atoms in total. The van der Waals surface area contributed by atoms with Gasteiger partial charge in [-0.15, -0.1) is 22.7 Å². The highest BCUT2D eigenvalue weighted by atomic mass is 32.1. The predicted octanol–water partition coefficient (Wildman–Crippen LogP) is 4.51. The Balaban J connectivity index is 1.69. The fraction of sp³-hybridized carbons (Fsp3) is 0.250. The quantitative estimate of drug-likeness (QED) is 0.687. The molecule has 2 heterocycles. The summed E-state index contributed by atoms with van der Waals surface area (Å²) in [6, 6.07) is 9.83. The molecule has 7 heteroatoms. The van der Waals surface area contributed by atoms with Crippen LogP contribution in [0.3, 0.4) is 0 Å². The van der Waals surface area contributed by atoms with Crippen molar-refractivity contribution in [2.75, 3.05) is 18.9 Å². The second-order valence-corrected chi connectivity index (χ2v) is 8.39. The number of aryl methyl sites for hydroxylation is 3. The Morgan fingerprint density at radius 3 is 2.67 bits per heavy atom. The fourth-order valence-electron chi connectivity index (χ4n) is 2.62. The van der Waals surface area contributed by atoms with E-state index in [-0.39, 0.29) is 18.4 Å². The Hall–Kier alpha value is -2.51. The lowest BCUT2D eigenvalue weighted by Gasteiger charge is -2.17. The molecule has 1 N–H and O–H groups in total. The number of aromatic nitrogens is 1. The van der Waals surface area contributed by atoms with Gasteiger partial charge in [-0.1, -0.05) is 18.2 Å². The van der Waals surface area contributed by atoms with E-state index >= 15 is 0 Å². The van der Waals surface area contributed by atoms with Crippen LogP contribution >= 0.6 is 22.7 Å². The van der Waals surface area contributed by atoms with E-state index in [1.807, 2.05) is 56.5 Å². The van der Waals surface area contributed by atoms with Gasteiger partial charge in [0.05, 0.1) is 17.1 Å². The molecule has 0 radical (unpaired) electrons.